The molecule has 3 aromatic rings. The summed E-state index contributed by atoms with van der Waals surface area (Å²) in [5.41, 5.74) is 0.367. The Morgan fingerprint density at radius 2 is 1.65 bits per heavy atom. The molecule has 2 unspecified atom stereocenters. The first-order chi connectivity index (χ1) is 14.9. The van der Waals surface area contributed by atoms with Crippen molar-refractivity contribution in [3.8, 4) is 5.69 Å². The fourth-order valence-electron chi connectivity index (χ4n) is 4.52. The Morgan fingerprint density at radius 1 is 0.968 bits per heavy atom. The van der Waals surface area contributed by atoms with E-state index in [0.717, 1.165) is 25.0 Å². The van der Waals surface area contributed by atoms with Gasteiger partial charge >= 0.3 is 6.18 Å². The van der Waals surface area contributed by atoms with E-state index in [-0.39, 0.29) is 18.0 Å². The fourth-order valence-corrected chi connectivity index (χ4v) is 4.52. The number of halogens is 3. The number of rotatable bonds is 3. The Labute approximate surface area is 176 Å². The van der Waals surface area contributed by atoms with Crippen LogP contribution in [0.25, 0.3) is 5.69 Å². The van der Waals surface area contributed by atoms with Gasteiger partial charge in [0.05, 0.1) is 29.2 Å². The van der Waals surface area contributed by atoms with Crippen LogP contribution in [-0.2, 0) is 6.18 Å². The van der Waals surface area contributed by atoms with Crippen LogP contribution in [0.3, 0.4) is 0 Å². The minimum atomic E-state index is -4.42. The molecule has 5 rings (SSSR count). The minimum Gasteiger partial charge on any atom is -0.347 e. The van der Waals surface area contributed by atoms with Gasteiger partial charge in [-0.15, -0.1) is 0 Å². The molecule has 10 heteroatoms. The zero-order chi connectivity index (χ0) is 21.6. The van der Waals surface area contributed by atoms with Gasteiger partial charge in [-0.25, -0.2) is 4.98 Å². The van der Waals surface area contributed by atoms with Crippen LogP contribution in [0.5, 0.6) is 0 Å². The maximum absolute atomic E-state index is 13.3. The van der Waals surface area contributed by atoms with E-state index < -0.39 is 11.7 Å². The Bertz CT molecular complexity index is 1090. The molecule has 0 saturated carbocycles. The van der Waals surface area contributed by atoms with Crippen molar-refractivity contribution in [2.24, 2.45) is 0 Å². The third-order valence-electron chi connectivity index (χ3n) is 5.88. The van der Waals surface area contributed by atoms with Crippen molar-refractivity contribution in [1.29, 1.82) is 0 Å². The Hall–Kier alpha value is -3.43. The second-order valence-electron chi connectivity index (χ2n) is 7.74. The first kappa shape index (κ1) is 19.5. The number of hydrogen-bond acceptors (Lipinski definition) is 5. The molecule has 7 nitrogen and oxygen atoms in total. The van der Waals surface area contributed by atoms with E-state index in [1.807, 2.05) is 11.0 Å². The summed E-state index contributed by atoms with van der Waals surface area (Å²) in [6, 6.07) is 9.05. The number of aromatic nitrogens is 4. The molecule has 31 heavy (non-hydrogen) atoms. The molecule has 0 aliphatic carbocycles. The molecular weight excluding hydrogens is 409 g/mol. The number of fused-ring (bicyclic) bond motifs is 2. The topological polar surface area (TPSA) is 67.2 Å². The molecule has 2 aliphatic rings. The van der Waals surface area contributed by atoms with Crippen molar-refractivity contribution in [3.05, 3.63) is 66.1 Å². The molecule has 2 saturated heterocycles. The highest BCUT2D eigenvalue weighted by Gasteiger charge is 2.43. The largest absolute Gasteiger partial charge is 0.416 e. The summed E-state index contributed by atoms with van der Waals surface area (Å²) in [7, 11) is 0. The van der Waals surface area contributed by atoms with E-state index in [1.165, 1.54) is 11.0 Å². The number of nitrogens with zero attached hydrogens (tertiary/aromatic N) is 6. The zero-order valence-corrected chi connectivity index (χ0v) is 16.4. The van der Waals surface area contributed by atoms with Gasteiger partial charge < -0.3 is 9.80 Å². The van der Waals surface area contributed by atoms with Crippen molar-refractivity contribution in [3.63, 3.8) is 0 Å². The van der Waals surface area contributed by atoms with Crippen molar-refractivity contribution < 1.29 is 18.0 Å². The Kier molecular flexibility index (Phi) is 4.64. The lowest BCUT2D eigenvalue weighted by atomic mass is 10.1. The van der Waals surface area contributed by atoms with Crippen LogP contribution in [0, 0.1) is 0 Å². The highest BCUT2D eigenvalue weighted by atomic mass is 19.4. The van der Waals surface area contributed by atoms with Gasteiger partial charge in [0.15, 0.2) is 0 Å². The van der Waals surface area contributed by atoms with E-state index in [9.17, 15) is 18.0 Å². The SMILES string of the molecule is O=C(c1ccccc1-n1nccn1)N1CC2CCC(C1)N2c1cc(C(F)(F)F)ccn1. The number of alkyl halides is 3. The number of likely N-dealkylation sites (tertiary alicyclic amines) is 1. The molecular formula is C21H19F3N6O. The number of benzene rings is 1. The second kappa shape index (κ2) is 7.36. The van der Waals surface area contributed by atoms with Gasteiger partial charge in [-0.2, -0.15) is 28.2 Å². The zero-order valence-electron chi connectivity index (χ0n) is 16.4. The van der Waals surface area contributed by atoms with Crippen molar-refractivity contribution in [2.75, 3.05) is 18.0 Å². The minimum absolute atomic E-state index is 0.0753. The molecule has 1 aromatic carbocycles. The Balaban J connectivity index is 1.40. The molecule has 2 fully saturated rings. The van der Waals surface area contributed by atoms with Gasteiger partial charge in [-0.05, 0) is 37.1 Å². The normalized spacial score (nSPS) is 20.9. The van der Waals surface area contributed by atoms with Crippen molar-refractivity contribution >= 4 is 11.7 Å². The number of carbonyl (C=O) groups is 1. The maximum Gasteiger partial charge on any atom is 0.416 e. The maximum atomic E-state index is 13.3. The summed E-state index contributed by atoms with van der Waals surface area (Å²) in [6.45, 7) is 0.849. The summed E-state index contributed by atoms with van der Waals surface area (Å²) in [6.07, 6.45) is 1.47. The third-order valence-corrected chi connectivity index (χ3v) is 5.88. The molecule has 2 atom stereocenters. The summed E-state index contributed by atoms with van der Waals surface area (Å²) in [5, 5.41) is 8.25. The number of hydrogen-bond donors (Lipinski definition) is 0. The van der Waals surface area contributed by atoms with E-state index >= 15 is 0 Å². The average Bonchev–Trinajstić information content (AvgIpc) is 3.39. The van der Waals surface area contributed by atoms with Gasteiger partial charge in [-0.3, -0.25) is 4.79 Å². The summed E-state index contributed by atoms with van der Waals surface area (Å²) in [5.74, 6) is 0.178. The van der Waals surface area contributed by atoms with Crippen LogP contribution in [0.4, 0.5) is 19.0 Å². The van der Waals surface area contributed by atoms with Crippen LogP contribution in [0.15, 0.2) is 55.0 Å². The number of pyridine rings is 1. The van der Waals surface area contributed by atoms with Crippen LogP contribution in [-0.4, -0.2) is 56.0 Å². The summed E-state index contributed by atoms with van der Waals surface area (Å²) in [4.78, 5) is 22.7. The van der Waals surface area contributed by atoms with Gasteiger partial charge in [0.25, 0.3) is 5.91 Å². The smallest absolute Gasteiger partial charge is 0.347 e. The van der Waals surface area contributed by atoms with E-state index in [0.29, 0.717) is 30.2 Å². The van der Waals surface area contributed by atoms with Gasteiger partial charge in [0.1, 0.15) is 5.82 Å². The molecule has 0 N–H and O–H groups in total. The molecule has 0 spiro atoms. The summed E-state index contributed by atoms with van der Waals surface area (Å²) < 4.78 is 39.4. The fraction of sp³-hybridized carbons (Fsp3) is 0.333. The Morgan fingerprint density at radius 3 is 2.32 bits per heavy atom. The lowest BCUT2D eigenvalue weighted by molar-refractivity contribution is -0.137. The predicted molar refractivity (Wildman–Crippen MR) is 106 cm³/mol. The molecule has 0 radical (unpaired) electrons. The van der Waals surface area contributed by atoms with Crippen LogP contribution >= 0.6 is 0 Å². The van der Waals surface area contributed by atoms with Crippen LogP contribution in [0.1, 0.15) is 28.8 Å². The van der Waals surface area contributed by atoms with E-state index in [2.05, 4.69) is 15.2 Å². The number of carbonyl (C=O) groups excluding carboxylic acids is 1. The van der Waals surface area contributed by atoms with Crippen LogP contribution < -0.4 is 4.90 Å². The van der Waals surface area contributed by atoms with Gasteiger partial charge in [0, 0.05) is 31.4 Å². The quantitative estimate of drug-likeness (QED) is 0.641. The number of piperazine rings is 1. The third kappa shape index (κ3) is 3.51. The number of amides is 1. The lowest BCUT2D eigenvalue weighted by Crippen LogP contribution is -2.55. The predicted octanol–water partition coefficient (Wildman–Crippen LogP) is 3.17. The second-order valence-corrected chi connectivity index (χ2v) is 7.74. The van der Waals surface area contributed by atoms with E-state index in [4.69, 9.17) is 0 Å². The highest BCUT2D eigenvalue weighted by molar-refractivity contribution is 5.98. The van der Waals surface area contributed by atoms with Crippen molar-refractivity contribution in [2.45, 2.75) is 31.1 Å². The monoisotopic (exact) mass is 428 g/mol. The number of para-hydroxylation sites is 1. The number of anilines is 1. The molecule has 2 bridgehead atoms. The molecule has 4 heterocycles. The molecule has 1 amide bonds. The standard InChI is InChI=1S/C21H19F3N6O/c22-21(23,24)14-7-8-25-19(11-14)29-15-5-6-16(29)13-28(12-15)20(31)17-3-1-2-4-18(17)30-26-9-10-27-30/h1-4,7-11,15-16H,5-6,12-13H2. The van der Waals surface area contributed by atoms with Gasteiger partial charge in [0.2, 0.25) is 0 Å². The van der Waals surface area contributed by atoms with E-state index in [1.54, 1.807) is 35.5 Å². The molecule has 160 valence electrons. The first-order valence-corrected chi connectivity index (χ1v) is 9.98. The summed E-state index contributed by atoms with van der Waals surface area (Å²) >= 11 is 0. The molecule has 2 aliphatic heterocycles. The highest BCUT2D eigenvalue weighted by Crippen LogP contribution is 2.37. The first-order valence-electron chi connectivity index (χ1n) is 9.98. The lowest BCUT2D eigenvalue weighted by Gasteiger charge is -2.42. The van der Waals surface area contributed by atoms with Crippen molar-refractivity contribution in [1.82, 2.24) is 24.9 Å². The van der Waals surface area contributed by atoms with Crippen LogP contribution in [0.2, 0.25) is 0 Å². The molecule has 2 aromatic heterocycles. The van der Waals surface area contributed by atoms with Gasteiger partial charge in [-0.1, -0.05) is 12.1 Å². The average molecular weight is 428 g/mol.